The SMILES string of the molecule is CC1CCC(C#N)(NS(=O)(=O)c2ccc(C#N)nc2)CC1. The van der Waals surface area contributed by atoms with Crippen molar-refractivity contribution in [2.45, 2.75) is 43.0 Å². The van der Waals surface area contributed by atoms with Crippen LogP contribution in [-0.2, 0) is 10.0 Å². The summed E-state index contributed by atoms with van der Waals surface area (Å²) in [5.74, 6) is 0.507. The molecule has 0 aliphatic heterocycles. The Morgan fingerprint density at radius 2 is 2.00 bits per heavy atom. The molecular weight excluding hydrogens is 288 g/mol. The summed E-state index contributed by atoms with van der Waals surface area (Å²) < 4.78 is 27.2. The molecule has 1 heterocycles. The number of hydrogen-bond acceptors (Lipinski definition) is 5. The molecule has 0 aromatic carbocycles. The van der Waals surface area contributed by atoms with Crippen molar-refractivity contribution in [3.8, 4) is 12.1 Å². The normalized spacial score (nSPS) is 25.8. The van der Waals surface area contributed by atoms with Gasteiger partial charge in [0.15, 0.2) is 0 Å². The van der Waals surface area contributed by atoms with Crippen LogP contribution in [0, 0.1) is 28.6 Å². The average molecular weight is 304 g/mol. The highest BCUT2D eigenvalue weighted by atomic mass is 32.2. The molecule has 0 amide bonds. The van der Waals surface area contributed by atoms with Crippen LogP contribution >= 0.6 is 0 Å². The molecule has 21 heavy (non-hydrogen) atoms. The largest absolute Gasteiger partial charge is 0.244 e. The van der Waals surface area contributed by atoms with Gasteiger partial charge in [-0.15, -0.1) is 0 Å². The molecule has 0 spiro atoms. The van der Waals surface area contributed by atoms with Gasteiger partial charge < -0.3 is 0 Å². The number of nitrogens with zero attached hydrogens (tertiary/aromatic N) is 3. The highest BCUT2D eigenvalue weighted by molar-refractivity contribution is 7.89. The maximum absolute atomic E-state index is 12.4. The molecular formula is C14H16N4O2S. The highest BCUT2D eigenvalue weighted by Gasteiger charge is 2.38. The Kier molecular flexibility index (Phi) is 4.26. The summed E-state index contributed by atoms with van der Waals surface area (Å²) >= 11 is 0. The van der Waals surface area contributed by atoms with Crippen LogP contribution in [-0.4, -0.2) is 18.9 Å². The minimum absolute atomic E-state index is 0.0326. The fourth-order valence-corrected chi connectivity index (χ4v) is 3.73. The number of aromatic nitrogens is 1. The van der Waals surface area contributed by atoms with Crippen LogP contribution in [0.1, 0.15) is 38.3 Å². The Hall–Kier alpha value is -1.96. The number of nitriles is 2. The predicted molar refractivity (Wildman–Crippen MR) is 75.2 cm³/mol. The van der Waals surface area contributed by atoms with Gasteiger partial charge in [-0.25, -0.2) is 13.4 Å². The van der Waals surface area contributed by atoms with E-state index in [0.717, 1.165) is 19.0 Å². The van der Waals surface area contributed by atoms with E-state index in [0.29, 0.717) is 18.8 Å². The Bertz CT molecular complexity index is 690. The minimum atomic E-state index is -3.82. The number of nitrogens with one attached hydrogen (secondary N) is 1. The summed E-state index contributed by atoms with van der Waals surface area (Å²) in [6.07, 6.45) is 3.79. The van der Waals surface area contributed by atoms with Crippen LogP contribution in [0.3, 0.4) is 0 Å². The third-order valence-electron chi connectivity index (χ3n) is 3.83. The summed E-state index contributed by atoms with van der Waals surface area (Å²) in [5, 5.41) is 18.1. The second-order valence-corrected chi connectivity index (χ2v) is 7.16. The van der Waals surface area contributed by atoms with Crippen molar-refractivity contribution in [2.24, 2.45) is 5.92 Å². The third-order valence-corrected chi connectivity index (χ3v) is 5.35. The Morgan fingerprint density at radius 3 is 2.48 bits per heavy atom. The third kappa shape index (κ3) is 3.38. The molecule has 6 nitrogen and oxygen atoms in total. The van der Waals surface area contributed by atoms with Crippen molar-refractivity contribution in [2.75, 3.05) is 0 Å². The number of rotatable bonds is 3. The molecule has 0 unspecified atom stereocenters. The monoisotopic (exact) mass is 304 g/mol. The molecule has 1 fully saturated rings. The van der Waals surface area contributed by atoms with Gasteiger partial charge in [-0.1, -0.05) is 6.92 Å². The van der Waals surface area contributed by atoms with Crippen LogP contribution in [0.25, 0.3) is 0 Å². The Labute approximate surface area is 124 Å². The molecule has 0 radical (unpaired) electrons. The standard InChI is InChI=1S/C14H16N4O2S/c1-11-4-6-14(10-16,7-5-11)18-21(19,20)13-3-2-12(8-15)17-9-13/h2-3,9,11,18H,4-7H2,1H3. The Morgan fingerprint density at radius 1 is 1.33 bits per heavy atom. The van der Waals surface area contributed by atoms with Gasteiger partial charge in [-0.05, 0) is 43.7 Å². The Balaban J connectivity index is 2.23. The minimum Gasteiger partial charge on any atom is -0.244 e. The second-order valence-electron chi connectivity index (χ2n) is 5.47. The molecule has 1 aromatic rings. The maximum Gasteiger partial charge on any atom is 0.243 e. The molecule has 1 N–H and O–H groups in total. The van der Waals surface area contributed by atoms with Crippen molar-refractivity contribution >= 4 is 10.0 Å². The van der Waals surface area contributed by atoms with Crippen LogP contribution < -0.4 is 4.72 Å². The number of hydrogen-bond donors (Lipinski definition) is 1. The highest BCUT2D eigenvalue weighted by Crippen LogP contribution is 2.32. The van der Waals surface area contributed by atoms with Crippen molar-refractivity contribution < 1.29 is 8.42 Å². The van der Waals surface area contributed by atoms with Gasteiger partial charge in [-0.3, -0.25) is 0 Å². The zero-order valence-corrected chi connectivity index (χ0v) is 12.5. The van der Waals surface area contributed by atoms with Crippen LogP contribution in [0.15, 0.2) is 23.2 Å². The van der Waals surface area contributed by atoms with E-state index in [2.05, 4.69) is 22.7 Å². The fourth-order valence-electron chi connectivity index (χ4n) is 2.41. The second kappa shape index (κ2) is 5.80. The summed E-state index contributed by atoms with van der Waals surface area (Å²) in [4.78, 5) is 3.72. The topological polar surface area (TPSA) is 107 Å². The summed E-state index contributed by atoms with van der Waals surface area (Å²) in [6.45, 7) is 2.10. The molecule has 0 saturated heterocycles. The summed E-state index contributed by atoms with van der Waals surface area (Å²) in [7, 11) is -3.82. The van der Waals surface area contributed by atoms with E-state index in [1.165, 1.54) is 12.1 Å². The maximum atomic E-state index is 12.4. The van der Waals surface area contributed by atoms with Crippen molar-refractivity contribution in [1.29, 1.82) is 10.5 Å². The molecule has 7 heteroatoms. The van der Waals surface area contributed by atoms with E-state index < -0.39 is 15.6 Å². The smallest absolute Gasteiger partial charge is 0.243 e. The zero-order chi connectivity index (χ0) is 15.5. The average Bonchev–Trinajstić information content (AvgIpc) is 2.50. The first-order chi connectivity index (χ1) is 9.91. The lowest BCUT2D eigenvalue weighted by atomic mass is 9.79. The van der Waals surface area contributed by atoms with E-state index in [1.807, 2.05) is 6.07 Å². The molecule has 110 valence electrons. The van der Waals surface area contributed by atoms with Crippen molar-refractivity contribution in [1.82, 2.24) is 9.71 Å². The van der Waals surface area contributed by atoms with Gasteiger partial charge in [0, 0.05) is 6.20 Å². The first-order valence-electron chi connectivity index (χ1n) is 6.72. The van der Waals surface area contributed by atoms with E-state index in [-0.39, 0.29) is 10.6 Å². The molecule has 1 aliphatic carbocycles. The lowest BCUT2D eigenvalue weighted by Crippen LogP contribution is -2.49. The van der Waals surface area contributed by atoms with Crippen LogP contribution in [0.5, 0.6) is 0 Å². The van der Waals surface area contributed by atoms with Crippen LogP contribution in [0.2, 0.25) is 0 Å². The van der Waals surface area contributed by atoms with E-state index in [1.54, 1.807) is 0 Å². The van der Waals surface area contributed by atoms with Crippen molar-refractivity contribution in [3.05, 3.63) is 24.0 Å². The van der Waals surface area contributed by atoms with Gasteiger partial charge in [0.05, 0.1) is 6.07 Å². The first-order valence-corrected chi connectivity index (χ1v) is 8.20. The van der Waals surface area contributed by atoms with Gasteiger partial charge in [0.25, 0.3) is 0 Å². The molecule has 1 aliphatic rings. The molecule has 0 bridgehead atoms. The van der Waals surface area contributed by atoms with Gasteiger partial charge in [0.1, 0.15) is 22.2 Å². The van der Waals surface area contributed by atoms with Crippen molar-refractivity contribution in [3.63, 3.8) is 0 Å². The number of sulfonamides is 1. The van der Waals surface area contributed by atoms with Gasteiger partial charge in [0.2, 0.25) is 10.0 Å². The van der Waals surface area contributed by atoms with Gasteiger partial charge >= 0.3 is 0 Å². The number of pyridine rings is 1. The first kappa shape index (κ1) is 15.4. The lowest BCUT2D eigenvalue weighted by molar-refractivity contribution is 0.278. The molecule has 2 rings (SSSR count). The van der Waals surface area contributed by atoms with E-state index in [9.17, 15) is 13.7 Å². The lowest BCUT2D eigenvalue weighted by Gasteiger charge is -2.33. The molecule has 1 saturated carbocycles. The quantitative estimate of drug-likeness (QED) is 0.914. The molecule has 1 aromatic heterocycles. The summed E-state index contributed by atoms with van der Waals surface area (Å²) in [6, 6.07) is 6.62. The van der Waals surface area contributed by atoms with E-state index in [4.69, 9.17) is 5.26 Å². The fraction of sp³-hybridized carbons (Fsp3) is 0.500. The zero-order valence-electron chi connectivity index (χ0n) is 11.7. The summed E-state index contributed by atoms with van der Waals surface area (Å²) in [5.41, 5.74) is -0.894. The van der Waals surface area contributed by atoms with Crippen LogP contribution in [0.4, 0.5) is 0 Å². The van der Waals surface area contributed by atoms with E-state index >= 15 is 0 Å². The molecule has 0 atom stereocenters. The van der Waals surface area contributed by atoms with Gasteiger partial charge in [-0.2, -0.15) is 15.2 Å². The predicted octanol–water partition coefficient (Wildman–Crippen LogP) is 1.70.